The normalized spacial score (nSPS) is 11.0. The first kappa shape index (κ1) is 17.4. The van der Waals surface area contributed by atoms with Gasteiger partial charge in [0, 0.05) is 17.2 Å². The minimum absolute atomic E-state index is 0.0146. The minimum atomic E-state index is -0.435. The maximum absolute atomic E-state index is 11.3. The average molecular weight is 398 g/mol. The van der Waals surface area contributed by atoms with Crippen LogP contribution in [0.3, 0.4) is 0 Å². The van der Waals surface area contributed by atoms with Crippen molar-refractivity contribution in [3.05, 3.63) is 81.4 Å². The summed E-state index contributed by atoms with van der Waals surface area (Å²) in [7, 11) is 0. The average Bonchev–Trinajstić information content (AvgIpc) is 3.14. The van der Waals surface area contributed by atoms with Crippen LogP contribution in [0.25, 0.3) is 16.5 Å². The molecule has 0 atom stereocenters. The van der Waals surface area contributed by atoms with Crippen molar-refractivity contribution in [1.29, 1.82) is 0 Å². The smallest absolute Gasteiger partial charge is 0.258 e. The lowest BCUT2D eigenvalue weighted by molar-refractivity contribution is -0.385. The number of thioether (sulfide) groups is 1. The van der Waals surface area contributed by atoms with Crippen molar-refractivity contribution in [2.24, 2.45) is 0 Å². The predicted molar refractivity (Wildman–Crippen MR) is 104 cm³/mol. The van der Waals surface area contributed by atoms with Crippen LogP contribution in [0.4, 0.5) is 5.69 Å². The highest BCUT2D eigenvalue weighted by Gasteiger charge is 2.19. The zero-order valence-electron chi connectivity index (χ0n) is 13.8. The molecular formula is C18H12ClN5O2S. The molecule has 1 heterocycles. The van der Waals surface area contributed by atoms with E-state index in [9.17, 15) is 10.1 Å². The molecule has 0 amide bonds. The lowest BCUT2D eigenvalue weighted by Crippen LogP contribution is -2.01. The van der Waals surface area contributed by atoms with Crippen molar-refractivity contribution in [3.8, 4) is 5.69 Å². The lowest BCUT2D eigenvalue weighted by Gasteiger charge is -2.08. The number of fused-ring (bicyclic) bond motifs is 1. The molecule has 0 radical (unpaired) electrons. The van der Waals surface area contributed by atoms with Crippen LogP contribution >= 0.6 is 23.4 Å². The van der Waals surface area contributed by atoms with Crippen LogP contribution in [-0.4, -0.2) is 25.1 Å². The second-order valence-corrected chi connectivity index (χ2v) is 7.00. The van der Waals surface area contributed by atoms with Gasteiger partial charge in [-0.15, -0.1) is 5.10 Å². The number of aromatic nitrogens is 4. The van der Waals surface area contributed by atoms with Crippen LogP contribution in [0.15, 0.2) is 65.8 Å². The highest BCUT2D eigenvalue weighted by atomic mass is 35.5. The largest absolute Gasteiger partial charge is 0.274 e. The number of rotatable bonds is 5. The van der Waals surface area contributed by atoms with E-state index in [4.69, 9.17) is 11.6 Å². The summed E-state index contributed by atoms with van der Waals surface area (Å²) in [6, 6.07) is 18.5. The third kappa shape index (κ3) is 3.36. The predicted octanol–water partition coefficient (Wildman–Crippen LogP) is 4.67. The molecule has 3 aromatic carbocycles. The highest BCUT2D eigenvalue weighted by molar-refractivity contribution is 7.98. The van der Waals surface area contributed by atoms with Crippen molar-refractivity contribution >= 4 is 39.8 Å². The van der Waals surface area contributed by atoms with Gasteiger partial charge in [-0.1, -0.05) is 65.8 Å². The van der Waals surface area contributed by atoms with E-state index in [1.165, 1.54) is 17.8 Å². The van der Waals surface area contributed by atoms with Crippen LogP contribution in [0.1, 0.15) is 5.56 Å². The van der Waals surface area contributed by atoms with E-state index in [1.807, 2.05) is 42.5 Å². The first-order chi connectivity index (χ1) is 13.1. The number of halogens is 1. The Bertz CT molecular complexity index is 1140. The maximum Gasteiger partial charge on any atom is 0.274 e. The molecule has 0 N–H and O–H groups in total. The molecule has 0 saturated heterocycles. The van der Waals surface area contributed by atoms with Gasteiger partial charge in [0.1, 0.15) is 0 Å². The van der Waals surface area contributed by atoms with Gasteiger partial charge in [0.15, 0.2) is 0 Å². The van der Waals surface area contributed by atoms with E-state index in [0.29, 0.717) is 15.7 Å². The number of hydrogen-bond acceptors (Lipinski definition) is 6. The van der Waals surface area contributed by atoms with E-state index in [1.54, 1.807) is 16.8 Å². The van der Waals surface area contributed by atoms with Gasteiger partial charge in [0.25, 0.3) is 5.69 Å². The van der Waals surface area contributed by atoms with Crippen molar-refractivity contribution < 1.29 is 4.92 Å². The molecule has 134 valence electrons. The first-order valence-electron chi connectivity index (χ1n) is 7.96. The molecule has 4 rings (SSSR count). The molecule has 4 aromatic rings. The Labute approximate surface area is 163 Å². The number of tetrazole rings is 1. The van der Waals surface area contributed by atoms with Crippen LogP contribution in [0.5, 0.6) is 0 Å². The number of nitro benzene ring substituents is 1. The Hall–Kier alpha value is -2.97. The number of nitrogens with zero attached hydrogens (tertiary/aromatic N) is 5. The Balaban J connectivity index is 1.69. The van der Waals surface area contributed by atoms with Gasteiger partial charge >= 0.3 is 0 Å². The Morgan fingerprint density at radius 2 is 1.85 bits per heavy atom. The Morgan fingerprint density at radius 1 is 1.07 bits per heavy atom. The van der Waals surface area contributed by atoms with Crippen molar-refractivity contribution in [2.45, 2.75) is 10.9 Å². The second-order valence-electron chi connectivity index (χ2n) is 5.65. The minimum Gasteiger partial charge on any atom is -0.258 e. The molecular weight excluding hydrogens is 386 g/mol. The maximum atomic E-state index is 11.3. The quantitative estimate of drug-likeness (QED) is 0.276. The molecule has 0 spiro atoms. The van der Waals surface area contributed by atoms with Crippen LogP contribution in [0.2, 0.25) is 5.02 Å². The summed E-state index contributed by atoms with van der Waals surface area (Å²) in [5, 5.41) is 26.2. The van der Waals surface area contributed by atoms with Gasteiger partial charge in [0.2, 0.25) is 5.16 Å². The van der Waals surface area contributed by atoms with Gasteiger partial charge in [-0.2, -0.15) is 4.68 Å². The topological polar surface area (TPSA) is 86.7 Å². The second kappa shape index (κ2) is 7.34. The molecule has 0 fully saturated rings. The molecule has 7 nitrogen and oxygen atoms in total. The van der Waals surface area contributed by atoms with Crippen molar-refractivity contribution in [2.75, 3.05) is 0 Å². The zero-order valence-corrected chi connectivity index (χ0v) is 15.4. The first-order valence-corrected chi connectivity index (χ1v) is 9.32. The summed E-state index contributed by atoms with van der Waals surface area (Å²) in [5.74, 6) is 0.279. The summed E-state index contributed by atoms with van der Waals surface area (Å²) in [6.07, 6.45) is 0. The van der Waals surface area contributed by atoms with E-state index in [0.717, 1.165) is 16.5 Å². The molecule has 0 bridgehead atoms. The number of hydrogen-bond donors (Lipinski definition) is 0. The fraction of sp³-hybridized carbons (Fsp3) is 0.0556. The van der Waals surface area contributed by atoms with Gasteiger partial charge in [-0.25, -0.2) is 0 Å². The molecule has 9 heteroatoms. The fourth-order valence-electron chi connectivity index (χ4n) is 2.81. The third-order valence-electron chi connectivity index (χ3n) is 4.07. The highest BCUT2D eigenvalue weighted by Crippen LogP contribution is 2.33. The summed E-state index contributed by atoms with van der Waals surface area (Å²) in [4.78, 5) is 10.8. The summed E-state index contributed by atoms with van der Waals surface area (Å²) in [6.45, 7) is 0. The van der Waals surface area contributed by atoms with E-state index >= 15 is 0 Å². The van der Waals surface area contributed by atoms with Crippen molar-refractivity contribution in [1.82, 2.24) is 20.2 Å². The molecule has 0 aliphatic rings. The molecule has 1 aromatic heterocycles. The Kier molecular flexibility index (Phi) is 4.74. The summed E-state index contributed by atoms with van der Waals surface area (Å²) < 4.78 is 1.63. The molecule has 0 aliphatic carbocycles. The van der Waals surface area contributed by atoms with E-state index < -0.39 is 4.92 Å². The SMILES string of the molecule is O=[N+]([O-])c1cccc(Cl)c1CSc1nnnn1-c1cccc2ccccc12. The molecule has 0 aliphatic heterocycles. The molecule has 0 unspecified atom stereocenters. The summed E-state index contributed by atoms with van der Waals surface area (Å²) in [5.41, 5.74) is 1.27. The van der Waals surface area contributed by atoms with Crippen molar-refractivity contribution in [3.63, 3.8) is 0 Å². The molecule has 27 heavy (non-hydrogen) atoms. The van der Waals surface area contributed by atoms with Gasteiger partial charge in [-0.05, 0) is 27.9 Å². The third-order valence-corrected chi connectivity index (χ3v) is 5.37. The van der Waals surface area contributed by atoms with E-state index in [-0.39, 0.29) is 11.4 Å². The van der Waals surface area contributed by atoms with Crippen LogP contribution < -0.4 is 0 Å². The van der Waals surface area contributed by atoms with Gasteiger partial charge in [-0.3, -0.25) is 10.1 Å². The monoisotopic (exact) mass is 397 g/mol. The van der Waals surface area contributed by atoms with Gasteiger partial charge < -0.3 is 0 Å². The van der Waals surface area contributed by atoms with Crippen LogP contribution in [0, 0.1) is 10.1 Å². The van der Waals surface area contributed by atoms with Crippen LogP contribution in [-0.2, 0) is 5.75 Å². The lowest BCUT2D eigenvalue weighted by atomic mass is 10.1. The van der Waals surface area contributed by atoms with Gasteiger partial charge in [0.05, 0.1) is 21.2 Å². The number of benzene rings is 3. The van der Waals surface area contributed by atoms with E-state index in [2.05, 4.69) is 15.5 Å². The molecule has 0 saturated carbocycles. The Morgan fingerprint density at radius 3 is 2.70 bits per heavy atom. The fourth-order valence-corrected chi connectivity index (χ4v) is 4.05. The standard InChI is InChI=1S/C18H12ClN5O2S/c19-15-8-4-10-17(24(25)26)14(15)11-27-18-20-21-22-23(18)16-9-3-6-12-5-1-2-7-13(12)16/h1-10H,11H2. The zero-order chi connectivity index (χ0) is 18.8. The number of nitro groups is 1. The summed E-state index contributed by atoms with van der Waals surface area (Å²) >= 11 is 7.47.